The van der Waals surface area contributed by atoms with E-state index in [0.717, 1.165) is 5.56 Å². The van der Waals surface area contributed by atoms with Gasteiger partial charge in [0, 0.05) is 17.3 Å². The Labute approximate surface area is 223 Å². The van der Waals surface area contributed by atoms with Crippen LogP contribution in [-0.2, 0) is 9.59 Å². The second-order valence-corrected chi connectivity index (χ2v) is 9.72. The number of aliphatic hydroxyl groups excluding tert-OH is 1. The molecule has 0 aromatic heterocycles. The molecule has 1 unspecified atom stereocenters. The van der Waals surface area contributed by atoms with Crippen LogP contribution in [0.3, 0.4) is 0 Å². The Morgan fingerprint density at radius 1 is 0.868 bits per heavy atom. The molecule has 38 heavy (non-hydrogen) atoms. The third-order valence-corrected chi connectivity index (χ3v) is 6.45. The fourth-order valence-corrected chi connectivity index (χ4v) is 4.69. The second-order valence-electron chi connectivity index (χ2n) is 9.72. The topological polar surface area (TPSA) is 85.3 Å². The Morgan fingerprint density at radius 3 is 2.24 bits per heavy atom. The standard InChI is InChI=1S/C31H33NO6/c1-18(2)25-16-21(13-14-26(25)37-6)29(33)27-28(20-9-7-12-24(15-20)38-19(3)4)32(31(35)30(27)34)22-10-8-11-23(17-22)36-5/h7-19,28,33H,1-6H3/b29-27+. The molecule has 1 amide bonds. The van der Waals surface area contributed by atoms with E-state index in [4.69, 9.17) is 14.2 Å². The summed E-state index contributed by atoms with van der Waals surface area (Å²) in [7, 11) is 3.13. The van der Waals surface area contributed by atoms with Crippen LogP contribution in [0.25, 0.3) is 5.76 Å². The molecule has 1 heterocycles. The van der Waals surface area contributed by atoms with Gasteiger partial charge in [0.25, 0.3) is 11.7 Å². The summed E-state index contributed by atoms with van der Waals surface area (Å²) in [4.78, 5) is 28.5. The van der Waals surface area contributed by atoms with Gasteiger partial charge in [-0.3, -0.25) is 14.5 Å². The van der Waals surface area contributed by atoms with Crippen molar-refractivity contribution in [2.24, 2.45) is 0 Å². The van der Waals surface area contributed by atoms with Gasteiger partial charge in [0.1, 0.15) is 23.0 Å². The highest BCUT2D eigenvalue weighted by Gasteiger charge is 2.47. The van der Waals surface area contributed by atoms with Crippen LogP contribution in [0.2, 0.25) is 0 Å². The van der Waals surface area contributed by atoms with Crippen LogP contribution >= 0.6 is 0 Å². The number of anilines is 1. The lowest BCUT2D eigenvalue weighted by Crippen LogP contribution is -2.29. The van der Waals surface area contributed by atoms with Crippen molar-refractivity contribution >= 4 is 23.1 Å². The molecule has 1 atom stereocenters. The lowest BCUT2D eigenvalue weighted by Gasteiger charge is -2.26. The number of ketones is 1. The lowest BCUT2D eigenvalue weighted by atomic mass is 9.93. The van der Waals surface area contributed by atoms with Crippen LogP contribution in [0.5, 0.6) is 17.2 Å². The Hall–Kier alpha value is -4.26. The third-order valence-electron chi connectivity index (χ3n) is 6.45. The van der Waals surface area contributed by atoms with E-state index in [9.17, 15) is 14.7 Å². The number of carbonyl (C=O) groups excluding carboxylic acids is 2. The quantitative estimate of drug-likeness (QED) is 0.217. The summed E-state index contributed by atoms with van der Waals surface area (Å²) in [5, 5.41) is 11.6. The number of Topliss-reactive ketones (excluding diaryl/α,β-unsaturated/α-hetero) is 1. The number of hydrogen-bond donors (Lipinski definition) is 1. The number of hydrogen-bond acceptors (Lipinski definition) is 6. The van der Waals surface area contributed by atoms with Crippen LogP contribution < -0.4 is 19.1 Å². The zero-order chi connectivity index (χ0) is 27.6. The Bertz CT molecular complexity index is 1390. The monoisotopic (exact) mass is 515 g/mol. The SMILES string of the molecule is COc1cccc(N2C(=O)C(=O)/C(=C(/O)c3ccc(OC)c(C(C)C)c3)C2c2cccc(OC(C)C)c2)c1. The molecule has 0 saturated carbocycles. The number of aliphatic hydroxyl groups is 1. The largest absolute Gasteiger partial charge is 0.507 e. The minimum Gasteiger partial charge on any atom is -0.507 e. The van der Waals surface area contributed by atoms with E-state index in [2.05, 4.69) is 0 Å². The van der Waals surface area contributed by atoms with Crippen molar-refractivity contribution in [3.05, 3.63) is 89.0 Å². The minimum absolute atomic E-state index is 0.000565. The summed E-state index contributed by atoms with van der Waals surface area (Å²) in [6.45, 7) is 7.88. The number of carbonyl (C=O) groups is 2. The molecular formula is C31H33NO6. The molecule has 0 bridgehead atoms. The molecule has 7 nitrogen and oxygen atoms in total. The summed E-state index contributed by atoms with van der Waals surface area (Å²) >= 11 is 0. The van der Waals surface area contributed by atoms with E-state index < -0.39 is 17.7 Å². The third kappa shape index (κ3) is 5.09. The van der Waals surface area contributed by atoms with E-state index in [-0.39, 0.29) is 23.4 Å². The van der Waals surface area contributed by atoms with E-state index in [0.29, 0.717) is 34.1 Å². The van der Waals surface area contributed by atoms with Crippen molar-refractivity contribution in [2.45, 2.75) is 45.8 Å². The summed E-state index contributed by atoms with van der Waals surface area (Å²) in [5.41, 5.74) is 2.41. The van der Waals surface area contributed by atoms with E-state index in [1.807, 2.05) is 45.9 Å². The zero-order valence-electron chi connectivity index (χ0n) is 22.5. The zero-order valence-corrected chi connectivity index (χ0v) is 22.5. The molecule has 1 aliphatic rings. The highest BCUT2D eigenvalue weighted by Crippen LogP contribution is 2.44. The smallest absolute Gasteiger partial charge is 0.300 e. The first kappa shape index (κ1) is 26.8. The van der Waals surface area contributed by atoms with Gasteiger partial charge in [-0.2, -0.15) is 0 Å². The first-order valence-corrected chi connectivity index (χ1v) is 12.6. The van der Waals surface area contributed by atoms with E-state index in [1.54, 1.807) is 55.6 Å². The molecule has 3 aromatic rings. The van der Waals surface area contributed by atoms with Crippen molar-refractivity contribution in [2.75, 3.05) is 19.1 Å². The van der Waals surface area contributed by atoms with Gasteiger partial charge in [-0.05, 0) is 73.4 Å². The average Bonchev–Trinajstić information content (AvgIpc) is 3.17. The Balaban J connectivity index is 1.95. The maximum absolute atomic E-state index is 13.6. The Morgan fingerprint density at radius 2 is 1.58 bits per heavy atom. The predicted molar refractivity (Wildman–Crippen MR) is 147 cm³/mol. The number of nitrogens with zero attached hydrogens (tertiary/aromatic N) is 1. The summed E-state index contributed by atoms with van der Waals surface area (Å²) in [6, 6.07) is 18.5. The average molecular weight is 516 g/mol. The van der Waals surface area contributed by atoms with Crippen LogP contribution in [0.1, 0.15) is 56.3 Å². The number of ether oxygens (including phenoxy) is 3. The first-order valence-electron chi connectivity index (χ1n) is 12.6. The number of benzene rings is 3. The number of methoxy groups -OCH3 is 2. The van der Waals surface area contributed by atoms with Gasteiger partial charge in [-0.25, -0.2) is 0 Å². The van der Waals surface area contributed by atoms with Crippen molar-refractivity contribution in [3.8, 4) is 17.2 Å². The number of rotatable bonds is 8. The summed E-state index contributed by atoms with van der Waals surface area (Å²) in [6.07, 6.45) is -0.0660. The van der Waals surface area contributed by atoms with Crippen LogP contribution in [0.15, 0.2) is 72.3 Å². The van der Waals surface area contributed by atoms with Crippen LogP contribution in [0, 0.1) is 0 Å². The normalized spacial score (nSPS) is 16.8. The van der Waals surface area contributed by atoms with Crippen LogP contribution in [0.4, 0.5) is 5.69 Å². The molecule has 0 aliphatic carbocycles. The molecule has 0 spiro atoms. The fraction of sp³-hybridized carbons (Fsp3) is 0.290. The van der Waals surface area contributed by atoms with Crippen molar-refractivity contribution in [1.82, 2.24) is 0 Å². The molecule has 1 N–H and O–H groups in total. The highest BCUT2D eigenvalue weighted by molar-refractivity contribution is 6.51. The van der Waals surface area contributed by atoms with Crippen molar-refractivity contribution in [1.29, 1.82) is 0 Å². The maximum Gasteiger partial charge on any atom is 0.300 e. The second kappa shape index (κ2) is 11.0. The maximum atomic E-state index is 13.6. The predicted octanol–water partition coefficient (Wildman–Crippen LogP) is 6.24. The van der Waals surface area contributed by atoms with Gasteiger partial charge < -0.3 is 19.3 Å². The summed E-state index contributed by atoms with van der Waals surface area (Å²) < 4.78 is 16.7. The van der Waals surface area contributed by atoms with Crippen molar-refractivity contribution < 1.29 is 28.9 Å². The minimum atomic E-state index is -0.887. The lowest BCUT2D eigenvalue weighted by molar-refractivity contribution is -0.132. The molecular weight excluding hydrogens is 482 g/mol. The van der Waals surface area contributed by atoms with Crippen LogP contribution in [-0.4, -0.2) is 37.1 Å². The van der Waals surface area contributed by atoms with Gasteiger partial charge in [0.15, 0.2) is 0 Å². The molecule has 1 aliphatic heterocycles. The molecule has 1 fully saturated rings. The molecule has 7 heteroatoms. The highest BCUT2D eigenvalue weighted by atomic mass is 16.5. The van der Waals surface area contributed by atoms with Gasteiger partial charge in [0.05, 0.1) is 31.9 Å². The molecule has 1 saturated heterocycles. The van der Waals surface area contributed by atoms with Gasteiger partial charge in [0.2, 0.25) is 0 Å². The molecule has 4 rings (SSSR count). The molecule has 3 aromatic carbocycles. The number of amides is 1. The first-order chi connectivity index (χ1) is 18.2. The van der Waals surface area contributed by atoms with E-state index in [1.165, 1.54) is 12.0 Å². The van der Waals surface area contributed by atoms with Gasteiger partial charge >= 0.3 is 0 Å². The van der Waals surface area contributed by atoms with Gasteiger partial charge in [-0.1, -0.05) is 32.0 Å². The fourth-order valence-electron chi connectivity index (χ4n) is 4.69. The molecule has 0 radical (unpaired) electrons. The van der Waals surface area contributed by atoms with Crippen molar-refractivity contribution in [3.63, 3.8) is 0 Å². The van der Waals surface area contributed by atoms with Gasteiger partial charge in [-0.15, -0.1) is 0 Å². The summed E-state index contributed by atoms with van der Waals surface area (Å²) in [5.74, 6) is 0.168. The molecule has 198 valence electrons. The Kier molecular flexibility index (Phi) is 7.76. The van der Waals surface area contributed by atoms with E-state index >= 15 is 0 Å².